The molecule has 0 saturated carbocycles. The normalized spacial score (nSPS) is 12.0. The molecule has 2 N–H and O–H groups in total. The topological polar surface area (TPSA) is 174 Å². The summed E-state index contributed by atoms with van der Waals surface area (Å²) in [5.41, 5.74) is -1.71. The summed E-state index contributed by atoms with van der Waals surface area (Å²) in [4.78, 5) is 25.8. The van der Waals surface area contributed by atoms with Crippen LogP contribution in [0.5, 0.6) is 0 Å². The highest BCUT2D eigenvalue weighted by Gasteiger charge is 2.34. The molecule has 0 amide bonds. The molecule has 2 aromatic rings. The zero-order chi connectivity index (χ0) is 20.4. The smallest absolute Gasteiger partial charge is 0.357 e. The Labute approximate surface area is 153 Å². The molecule has 0 aliphatic rings. The Morgan fingerprint density at radius 3 is 2.30 bits per heavy atom. The molecule has 27 heavy (non-hydrogen) atoms. The number of benzene rings is 1. The highest BCUT2D eigenvalue weighted by Crippen LogP contribution is 2.30. The lowest BCUT2D eigenvalue weighted by Gasteiger charge is -2.19. The first-order valence-corrected chi connectivity index (χ1v) is 8.95. The molecule has 1 unspecified atom stereocenters. The van der Waals surface area contributed by atoms with Gasteiger partial charge in [0.15, 0.2) is 21.2 Å². The van der Waals surface area contributed by atoms with Crippen molar-refractivity contribution < 1.29 is 28.2 Å². The Morgan fingerprint density at radius 1 is 1.19 bits per heavy atom. The third-order valence-electron chi connectivity index (χ3n) is 3.78. The average Bonchev–Trinajstić information content (AvgIpc) is 3.06. The van der Waals surface area contributed by atoms with Crippen molar-refractivity contribution >= 4 is 21.8 Å². The molecule has 1 heterocycles. The maximum Gasteiger partial charge on any atom is 0.357 e. The Morgan fingerprint density at radius 2 is 1.81 bits per heavy atom. The molecule has 11 heteroatoms. The highest BCUT2D eigenvalue weighted by atomic mass is 32.2. The lowest BCUT2D eigenvalue weighted by molar-refractivity contribution is 0.0640. The second kappa shape index (κ2) is 7.27. The van der Waals surface area contributed by atoms with Crippen LogP contribution in [-0.2, 0) is 9.84 Å². The van der Waals surface area contributed by atoms with Crippen molar-refractivity contribution in [2.24, 2.45) is 0 Å². The van der Waals surface area contributed by atoms with Crippen LogP contribution in [-0.4, -0.2) is 40.1 Å². The molecule has 138 valence electrons. The van der Waals surface area contributed by atoms with Crippen molar-refractivity contribution in [3.05, 3.63) is 47.0 Å². The van der Waals surface area contributed by atoms with Gasteiger partial charge in [-0.05, 0) is 24.6 Å². The van der Waals surface area contributed by atoms with Gasteiger partial charge in [0, 0.05) is 0 Å². The fourth-order valence-electron chi connectivity index (χ4n) is 2.56. The van der Waals surface area contributed by atoms with Crippen molar-refractivity contribution in [2.45, 2.75) is 23.6 Å². The first-order valence-electron chi connectivity index (χ1n) is 7.40. The minimum absolute atomic E-state index is 0.00785. The monoisotopic (exact) mass is 388 g/mol. The Bertz CT molecular complexity index is 1120. The second-order valence-electron chi connectivity index (χ2n) is 5.30. The van der Waals surface area contributed by atoms with Gasteiger partial charge in [-0.3, -0.25) is 0 Å². The maximum absolute atomic E-state index is 13.0. The molecular weight excluding hydrogens is 376 g/mol. The maximum atomic E-state index is 13.0. The van der Waals surface area contributed by atoms with Gasteiger partial charge >= 0.3 is 11.9 Å². The van der Waals surface area contributed by atoms with Crippen LogP contribution in [0.15, 0.2) is 29.4 Å². The van der Waals surface area contributed by atoms with Crippen LogP contribution in [0.25, 0.3) is 0 Å². The summed E-state index contributed by atoms with van der Waals surface area (Å²) in [5, 5.41) is 34.9. The number of imidazole rings is 1. The van der Waals surface area contributed by atoms with E-state index in [1.165, 1.54) is 13.0 Å². The first-order chi connectivity index (χ1) is 12.7. The number of nitriles is 2. The molecule has 1 aromatic heterocycles. The number of carboxylic acids is 2. The second-order valence-corrected chi connectivity index (χ2v) is 7.40. The quantitative estimate of drug-likeness (QED) is 0.741. The molecule has 1 aromatic carbocycles. The van der Waals surface area contributed by atoms with Gasteiger partial charge < -0.3 is 14.8 Å². The fraction of sp³-hybridized carbons (Fsp3) is 0.188. The van der Waals surface area contributed by atoms with Gasteiger partial charge in [-0.1, -0.05) is 6.92 Å². The molecule has 10 nitrogen and oxygen atoms in total. The van der Waals surface area contributed by atoms with E-state index in [4.69, 9.17) is 15.6 Å². The number of carboxylic acid groups (broad SMARTS) is 2. The van der Waals surface area contributed by atoms with Crippen LogP contribution < -0.4 is 0 Å². The van der Waals surface area contributed by atoms with Crippen molar-refractivity contribution in [1.29, 1.82) is 10.5 Å². The standard InChI is InChI=1S/C16H12N4O6S/c1-2-12(20-8-19-13(15(21)22)14(20)16(23)24)27(25,26)11-4-3-9(6-17)10(5-11)7-18/h3-5,8,12H,2H2,1H3,(H,21,22)(H,23,24). The minimum atomic E-state index is -4.22. The molecule has 1 atom stereocenters. The summed E-state index contributed by atoms with van der Waals surface area (Å²) in [7, 11) is -4.22. The number of carbonyl (C=O) groups is 2. The van der Waals surface area contributed by atoms with E-state index >= 15 is 0 Å². The molecule has 2 rings (SSSR count). The largest absolute Gasteiger partial charge is 0.476 e. The summed E-state index contributed by atoms with van der Waals surface area (Å²) in [6, 6.07) is 6.82. The van der Waals surface area contributed by atoms with Gasteiger partial charge in [-0.25, -0.2) is 23.0 Å². The van der Waals surface area contributed by atoms with Crippen molar-refractivity contribution in [2.75, 3.05) is 0 Å². The van der Waals surface area contributed by atoms with Crippen molar-refractivity contribution in [3.8, 4) is 12.1 Å². The molecule has 0 aliphatic carbocycles. The van der Waals surface area contributed by atoms with Gasteiger partial charge in [0.2, 0.25) is 0 Å². The van der Waals surface area contributed by atoms with Crippen molar-refractivity contribution in [3.63, 3.8) is 0 Å². The summed E-state index contributed by atoms with van der Waals surface area (Å²) in [6.45, 7) is 1.48. The summed E-state index contributed by atoms with van der Waals surface area (Å²) in [6.07, 6.45) is 0.743. The number of aromatic nitrogens is 2. The van der Waals surface area contributed by atoms with E-state index in [-0.39, 0.29) is 22.4 Å². The summed E-state index contributed by atoms with van der Waals surface area (Å²) in [5.74, 6) is -3.25. The lowest BCUT2D eigenvalue weighted by Crippen LogP contribution is -2.23. The van der Waals surface area contributed by atoms with Gasteiger partial charge in [0.1, 0.15) is 17.5 Å². The summed E-state index contributed by atoms with van der Waals surface area (Å²) < 4.78 is 26.8. The molecule has 0 fully saturated rings. The minimum Gasteiger partial charge on any atom is -0.476 e. The zero-order valence-corrected chi connectivity index (χ0v) is 14.6. The van der Waals surface area contributed by atoms with Gasteiger partial charge in [-0.15, -0.1) is 0 Å². The van der Waals surface area contributed by atoms with Crippen molar-refractivity contribution in [1.82, 2.24) is 9.55 Å². The third kappa shape index (κ3) is 3.36. The van der Waals surface area contributed by atoms with Gasteiger partial charge in [0.25, 0.3) is 0 Å². The van der Waals surface area contributed by atoms with Crippen LogP contribution in [0.3, 0.4) is 0 Å². The van der Waals surface area contributed by atoms with E-state index in [9.17, 15) is 23.1 Å². The summed E-state index contributed by atoms with van der Waals surface area (Å²) >= 11 is 0. The van der Waals surface area contributed by atoms with E-state index < -0.39 is 38.5 Å². The number of sulfone groups is 1. The fourth-order valence-corrected chi connectivity index (χ4v) is 4.31. The number of hydrogen-bond donors (Lipinski definition) is 2. The average molecular weight is 388 g/mol. The predicted octanol–water partition coefficient (Wildman–Crippen LogP) is 1.41. The highest BCUT2D eigenvalue weighted by molar-refractivity contribution is 7.91. The van der Waals surface area contributed by atoms with Gasteiger partial charge in [0.05, 0.1) is 22.3 Å². The number of rotatable bonds is 6. The van der Waals surface area contributed by atoms with E-state index in [2.05, 4.69) is 4.98 Å². The molecule has 0 saturated heterocycles. The van der Waals surface area contributed by atoms with Crippen LogP contribution in [0.4, 0.5) is 0 Å². The Hall–Kier alpha value is -3.70. The van der Waals surface area contributed by atoms with Crippen LogP contribution in [0.2, 0.25) is 0 Å². The van der Waals surface area contributed by atoms with E-state index in [0.29, 0.717) is 0 Å². The third-order valence-corrected chi connectivity index (χ3v) is 5.96. The predicted molar refractivity (Wildman–Crippen MR) is 88.5 cm³/mol. The zero-order valence-electron chi connectivity index (χ0n) is 13.8. The number of nitrogens with zero attached hydrogens (tertiary/aromatic N) is 4. The van der Waals surface area contributed by atoms with Crippen LogP contribution >= 0.6 is 0 Å². The van der Waals surface area contributed by atoms with E-state index in [0.717, 1.165) is 23.0 Å². The van der Waals surface area contributed by atoms with Gasteiger partial charge in [-0.2, -0.15) is 10.5 Å². The van der Waals surface area contributed by atoms with Crippen LogP contribution in [0.1, 0.15) is 50.8 Å². The molecule has 0 radical (unpaired) electrons. The Kier molecular flexibility index (Phi) is 5.28. The van der Waals surface area contributed by atoms with E-state index in [1.54, 1.807) is 12.1 Å². The van der Waals surface area contributed by atoms with E-state index in [1.807, 2.05) is 0 Å². The molecule has 0 bridgehead atoms. The molecule has 0 spiro atoms. The lowest BCUT2D eigenvalue weighted by atomic mass is 10.1. The molecule has 0 aliphatic heterocycles. The SMILES string of the molecule is CCC(n1cnc(C(=O)O)c1C(=O)O)S(=O)(=O)c1ccc(C#N)c(C#N)c1. The number of hydrogen-bond acceptors (Lipinski definition) is 7. The number of aromatic carboxylic acids is 2. The Balaban J connectivity index is 2.68. The molecular formula is C16H12N4O6S. The first kappa shape index (κ1) is 19.6. The van der Waals surface area contributed by atoms with Crippen LogP contribution in [0, 0.1) is 22.7 Å².